The molecule has 0 aliphatic carbocycles. The number of hydrogen-bond acceptors (Lipinski definition) is 4. The molecule has 0 saturated heterocycles. The largest absolute Gasteiger partial charge is 0.481 e. The minimum absolute atomic E-state index is 0.0672. The van der Waals surface area contributed by atoms with Crippen molar-refractivity contribution in [1.82, 2.24) is 0 Å². The van der Waals surface area contributed by atoms with Crippen molar-refractivity contribution in [2.75, 3.05) is 6.61 Å². The van der Waals surface area contributed by atoms with Gasteiger partial charge in [-0.15, -0.1) is 0 Å². The number of carbonyl (C=O) groups is 2. The lowest BCUT2D eigenvalue weighted by Gasteiger charge is -2.19. The van der Waals surface area contributed by atoms with E-state index in [-0.39, 0.29) is 31.4 Å². The molecule has 0 fully saturated rings. The van der Waals surface area contributed by atoms with Crippen molar-refractivity contribution >= 4 is 11.9 Å². The van der Waals surface area contributed by atoms with E-state index < -0.39 is 17.6 Å². The number of alkyl halides is 1. The van der Waals surface area contributed by atoms with Crippen LogP contribution in [0.4, 0.5) is 4.39 Å². The van der Waals surface area contributed by atoms with Gasteiger partial charge < -0.3 is 9.84 Å². The Balaban J connectivity index is 2.42. The van der Waals surface area contributed by atoms with Crippen LogP contribution in [0.5, 0.6) is 0 Å². The lowest BCUT2D eigenvalue weighted by molar-refractivity contribution is -0.137. The molecule has 5 nitrogen and oxygen atoms in total. The summed E-state index contributed by atoms with van der Waals surface area (Å²) < 4.78 is 18.8. The second-order valence-electron chi connectivity index (χ2n) is 4.88. The van der Waals surface area contributed by atoms with E-state index in [1.54, 1.807) is 0 Å². The van der Waals surface area contributed by atoms with Gasteiger partial charge in [-0.05, 0) is 37.6 Å². The summed E-state index contributed by atoms with van der Waals surface area (Å²) in [4.78, 5) is 22.1. The Morgan fingerprint density at radius 3 is 2.48 bits per heavy atom. The van der Waals surface area contributed by atoms with Gasteiger partial charge in [0.2, 0.25) is 0 Å². The Morgan fingerprint density at radius 2 is 1.95 bits per heavy atom. The molecule has 0 aliphatic rings. The van der Waals surface area contributed by atoms with Crippen LogP contribution in [-0.4, -0.2) is 29.3 Å². The fraction of sp³-hybridized carbons (Fsp3) is 0.400. The van der Waals surface area contributed by atoms with E-state index in [4.69, 9.17) is 15.1 Å². The molecule has 6 heteroatoms. The van der Waals surface area contributed by atoms with Crippen LogP contribution in [0.25, 0.3) is 0 Å². The highest BCUT2D eigenvalue weighted by Crippen LogP contribution is 2.22. The summed E-state index contributed by atoms with van der Waals surface area (Å²) in [5.74, 6) is -1.66. The first kappa shape index (κ1) is 16.6. The van der Waals surface area contributed by atoms with Gasteiger partial charge in [0.25, 0.3) is 0 Å². The third-order valence-corrected chi connectivity index (χ3v) is 2.97. The third-order valence-electron chi connectivity index (χ3n) is 2.97. The molecule has 0 amide bonds. The van der Waals surface area contributed by atoms with Crippen molar-refractivity contribution in [2.45, 2.75) is 31.9 Å². The number of ether oxygens (including phenoxy) is 1. The molecule has 0 saturated carbocycles. The second-order valence-corrected chi connectivity index (χ2v) is 4.88. The number of carboxylic acids is 1. The number of benzene rings is 1. The van der Waals surface area contributed by atoms with Crippen molar-refractivity contribution in [2.24, 2.45) is 0 Å². The van der Waals surface area contributed by atoms with Gasteiger partial charge in [-0.25, -0.2) is 9.18 Å². The SMILES string of the molecule is CC(F)(CCOC(=O)c1ccc(C#N)cc1)CCC(=O)O. The van der Waals surface area contributed by atoms with Crippen LogP contribution in [0.1, 0.15) is 42.1 Å². The molecular formula is C15H16FNO4. The highest BCUT2D eigenvalue weighted by atomic mass is 19.1. The van der Waals surface area contributed by atoms with Gasteiger partial charge >= 0.3 is 11.9 Å². The van der Waals surface area contributed by atoms with Gasteiger partial charge in [0.1, 0.15) is 5.67 Å². The fourth-order valence-electron chi connectivity index (χ4n) is 1.61. The zero-order chi connectivity index (χ0) is 15.9. The predicted molar refractivity (Wildman–Crippen MR) is 72.4 cm³/mol. The summed E-state index contributed by atoms with van der Waals surface area (Å²) >= 11 is 0. The van der Waals surface area contributed by atoms with Gasteiger partial charge in [0.15, 0.2) is 0 Å². The van der Waals surface area contributed by atoms with Gasteiger partial charge in [0.05, 0.1) is 23.8 Å². The molecule has 112 valence electrons. The molecule has 21 heavy (non-hydrogen) atoms. The number of halogens is 1. The number of esters is 1. The van der Waals surface area contributed by atoms with E-state index in [2.05, 4.69) is 0 Å². The van der Waals surface area contributed by atoms with Gasteiger partial charge in [-0.1, -0.05) is 0 Å². The molecule has 0 aliphatic heterocycles. The van der Waals surface area contributed by atoms with Crippen molar-refractivity contribution in [3.63, 3.8) is 0 Å². The quantitative estimate of drug-likeness (QED) is 0.781. The molecule has 0 aromatic heterocycles. The first-order valence-corrected chi connectivity index (χ1v) is 6.42. The zero-order valence-electron chi connectivity index (χ0n) is 11.6. The summed E-state index contributed by atoms with van der Waals surface area (Å²) in [6.45, 7) is 1.15. The number of nitrogens with zero attached hydrogens (tertiary/aromatic N) is 1. The number of hydrogen-bond donors (Lipinski definition) is 1. The van der Waals surface area contributed by atoms with E-state index in [9.17, 15) is 14.0 Å². The third kappa shape index (κ3) is 6.04. The molecule has 1 aromatic carbocycles. The van der Waals surface area contributed by atoms with Crippen LogP contribution in [0.2, 0.25) is 0 Å². The van der Waals surface area contributed by atoms with E-state index >= 15 is 0 Å². The maximum Gasteiger partial charge on any atom is 0.338 e. The Labute approximate surface area is 122 Å². The summed E-state index contributed by atoms with van der Waals surface area (Å²) in [6, 6.07) is 7.82. The van der Waals surface area contributed by atoms with Crippen LogP contribution >= 0.6 is 0 Å². The number of aliphatic carboxylic acids is 1. The average Bonchev–Trinajstić information content (AvgIpc) is 2.45. The lowest BCUT2D eigenvalue weighted by atomic mass is 9.99. The van der Waals surface area contributed by atoms with E-state index in [1.807, 2.05) is 6.07 Å². The smallest absolute Gasteiger partial charge is 0.338 e. The molecule has 0 heterocycles. The molecule has 1 rings (SSSR count). The first-order chi connectivity index (χ1) is 9.84. The standard InChI is InChI=1S/C15H16FNO4/c1-15(16,7-6-13(18)19)8-9-21-14(20)12-4-2-11(10-17)3-5-12/h2-5H,6-9H2,1H3,(H,18,19). The van der Waals surface area contributed by atoms with E-state index in [0.717, 1.165) is 0 Å². The van der Waals surface area contributed by atoms with Crippen molar-refractivity contribution in [3.05, 3.63) is 35.4 Å². The molecular weight excluding hydrogens is 277 g/mol. The summed E-state index contributed by atoms with van der Waals surface area (Å²) in [5.41, 5.74) is -0.986. The average molecular weight is 293 g/mol. The monoisotopic (exact) mass is 293 g/mol. The molecule has 1 aromatic rings. The molecule has 1 atom stereocenters. The molecule has 0 radical (unpaired) electrons. The zero-order valence-corrected chi connectivity index (χ0v) is 11.6. The van der Waals surface area contributed by atoms with E-state index in [1.165, 1.54) is 31.2 Å². The van der Waals surface area contributed by atoms with Crippen molar-refractivity contribution in [3.8, 4) is 6.07 Å². The van der Waals surface area contributed by atoms with Gasteiger partial charge in [-0.3, -0.25) is 4.79 Å². The topological polar surface area (TPSA) is 87.4 Å². The minimum Gasteiger partial charge on any atom is -0.481 e. The normalized spacial score (nSPS) is 13.0. The summed E-state index contributed by atoms with van der Waals surface area (Å²) in [5, 5.41) is 17.1. The van der Waals surface area contributed by atoms with Crippen molar-refractivity contribution < 1.29 is 23.8 Å². The van der Waals surface area contributed by atoms with Gasteiger partial charge in [-0.2, -0.15) is 5.26 Å². The molecule has 0 spiro atoms. The summed E-state index contributed by atoms with van der Waals surface area (Å²) in [7, 11) is 0. The number of carbonyl (C=O) groups excluding carboxylic acids is 1. The van der Waals surface area contributed by atoms with Crippen LogP contribution in [0.15, 0.2) is 24.3 Å². The minimum atomic E-state index is -1.69. The Hall–Kier alpha value is -2.42. The number of carboxylic acid groups (broad SMARTS) is 1. The van der Waals surface area contributed by atoms with Crippen LogP contribution < -0.4 is 0 Å². The maximum absolute atomic E-state index is 13.9. The molecule has 1 unspecified atom stereocenters. The Bertz CT molecular complexity index is 546. The predicted octanol–water partition coefficient (Wildman–Crippen LogP) is 2.70. The number of nitriles is 1. The Morgan fingerprint density at radius 1 is 1.33 bits per heavy atom. The highest BCUT2D eigenvalue weighted by molar-refractivity contribution is 5.89. The maximum atomic E-state index is 13.9. The second kappa shape index (κ2) is 7.39. The molecule has 1 N–H and O–H groups in total. The van der Waals surface area contributed by atoms with E-state index in [0.29, 0.717) is 5.56 Å². The summed E-state index contributed by atoms with van der Waals surface area (Å²) in [6.07, 6.45) is -0.463. The van der Waals surface area contributed by atoms with Crippen molar-refractivity contribution in [1.29, 1.82) is 5.26 Å². The Kier molecular flexibility index (Phi) is 5.85. The van der Waals surface area contributed by atoms with Crippen LogP contribution in [0.3, 0.4) is 0 Å². The lowest BCUT2D eigenvalue weighted by Crippen LogP contribution is -2.22. The number of rotatable bonds is 7. The van der Waals surface area contributed by atoms with Crippen LogP contribution in [0, 0.1) is 11.3 Å². The first-order valence-electron chi connectivity index (χ1n) is 6.42. The highest BCUT2D eigenvalue weighted by Gasteiger charge is 2.24. The van der Waals surface area contributed by atoms with Gasteiger partial charge in [0, 0.05) is 12.8 Å². The fourth-order valence-corrected chi connectivity index (χ4v) is 1.61. The van der Waals surface area contributed by atoms with Crippen LogP contribution in [-0.2, 0) is 9.53 Å². The molecule has 0 bridgehead atoms.